The average Bonchev–Trinajstić information content (AvgIpc) is 2.81. The fraction of sp³-hybridized carbons (Fsp3) is 0.241. The van der Waals surface area contributed by atoms with Crippen LogP contribution < -0.4 is 9.47 Å². The zero-order valence-electron chi connectivity index (χ0n) is 21.5. The number of hydrogen-bond donors (Lipinski definition) is 0. The summed E-state index contributed by atoms with van der Waals surface area (Å²) in [7, 11) is 0. The Hall–Kier alpha value is -4.46. The van der Waals surface area contributed by atoms with Gasteiger partial charge in [0, 0.05) is 23.3 Å². The van der Waals surface area contributed by atoms with Crippen LogP contribution in [0.1, 0.15) is 34.6 Å². The molecule has 0 saturated heterocycles. The molecule has 0 fully saturated rings. The molecular weight excluding hydrogens is 476 g/mol. The average molecular weight is 507 g/mol. The van der Waals surface area contributed by atoms with Gasteiger partial charge in [0.1, 0.15) is 11.5 Å². The van der Waals surface area contributed by atoms with E-state index in [0.29, 0.717) is 11.1 Å². The van der Waals surface area contributed by atoms with E-state index in [4.69, 9.17) is 18.9 Å². The predicted molar refractivity (Wildman–Crippen MR) is 138 cm³/mol. The first kappa shape index (κ1) is 28.8. The summed E-state index contributed by atoms with van der Waals surface area (Å²) in [6, 6.07) is 5.95. The number of hydrogen-bond acceptors (Lipinski definition) is 8. The largest absolute Gasteiger partial charge is 0.450 e. The molecule has 0 aromatic heterocycles. The monoisotopic (exact) mass is 506 g/mol. The van der Waals surface area contributed by atoms with Gasteiger partial charge in [0.15, 0.2) is 11.7 Å². The van der Waals surface area contributed by atoms with Crippen LogP contribution in [0.25, 0.3) is 0 Å². The molecule has 1 aromatic carbocycles. The smallest absolute Gasteiger partial charge is 0.338 e. The third-order valence-corrected chi connectivity index (χ3v) is 5.09. The van der Waals surface area contributed by atoms with Crippen molar-refractivity contribution in [3.63, 3.8) is 0 Å². The molecule has 0 spiro atoms. The van der Waals surface area contributed by atoms with E-state index in [1.165, 1.54) is 56.3 Å². The maximum atomic E-state index is 12.5. The number of esters is 4. The molecule has 1 aliphatic carbocycles. The van der Waals surface area contributed by atoms with Crippen LogP contribution in [0.15, 0.2) is 96.2 Å². The van der Waals surface area contributed by atoms with Gasteiger partial charge >= 0.3 is 23.9 Å². The van der Waals surface area contributed by atoms with Crippen molar-refractivity contribution in [3.8, 4) is 11.5 Å². The van der Waals surface area contributed by atoms with Crippen molar-refractivity contribution in [2.75, 3.05) is 0 Å². The second-order valence-electron chi connectivity index (χ2n) is 8.56. The van der Waals surface area contributed by atoms with E-state index in [-0.39, 0.29) is 22.6 Å². The fourth-order valence-electron chi connectivity index (χ4n) is 3.00. The lowest BCUT2D eigenvalue weighted by Gasteiger charge is -2.35. The van der Waals surface area contributed by atoms with E-state index >= 15 is 0 Å². The minimum Gasteiger partial charge on any atom is -0.450 e. The number of carbonyl (C=O) groups excluding carboxylic acids is 4. The van der Waals surface area contributed by atoms with Crippen molar-refractivity contribution in [1.82, 2.24) is 0 Å². The molecule has 0 saturated carbocycles. The maximum Gasteiger partial charge on any atom is 0.338 e. The highest BCUT2D eigenvalue weighted by atomic mass is 16.6. The molecule has 8 nitrogen and oxygen atoms in total. The van der Waals surface area contributed by atoms with Gasteiger partial charge in [-0.05, 0) is 82.2 Å². The summed E-state index contributed by atoms with van der Waals surface area (Å²) in [5, 5.41) is 0. The molecule has 0 amide bonds. The lowest BCUT2D eigenvalue weighted by atomic mass is 9.88. The van der Waals surface area contributed by atoms with E-state index in [2.05, 4.69) is 13.2 Å². The van der Waals surface area contributed by atoms with Crippen molar-refractivity contribution in [2.24, 2.45) is 0 Å². The zero-order valence-corrected chi connectivity index (χ0v) is 21.5. The minimum absolute atomic E-state index is 0.198. The Kier molecular flexibility index (Phi) is 9.71. The first-order valence-electron chi connectivity index (χ1n) is 11.4. The van der Waals surface area contributed by atoms with Crippen LogP contribution in [0.3, 0.4) is 0 Å². The summed E-state index contributed by atoms with van der Waals surface area (Å²) in [5.41, 5.74) is 0.265. The first-order valence-corrected chi connectivity index (χ1v) is 11.4. The maximum absolute atomic E-state index is 12.5. The molecule has 0 N–H and O–H groups in total. The van der Waals surface area contributed by atoms with Crippen LogP contribution in [-0.2, 0) is 28.7 Å². The normalized spacial score (nSPS) is 19.0. The van der Waals surface area contributed by atoms with Crippen LogP contribution in [-0.4, -0.2) is 35.6 Å². The number of carbonyl (C=O) groups is 4. The van der Waals surface area contributed by atoms with Gasteiger partial charge in [0.25, 0.3) is 0 Å². The standard InChI is InChI=1S/C29H30O8/c1-8-9-25(30)36-24-17-21(14-15-29(24,7)37-28(33)19(4)5)20(6)16-26(31)34-22-10-12-23(13-11-22)35-27(32)18(2)3/h8-17,24H,2,4H2,1,3,5-7H3/b9-8+,20-16+. The highest BCUT2D eigenvalue weighted by molar-refractivity contribution is 5.89. The van der Waals surface area contributed by atoms with E-state index in [1.807, 2.05) is 0 Å². The zero-order chi connectivity index (χ0) is 27.8. The highest BCUT2D eigenvalue weighted by Crippen LogP contribution is 2.31. The number of benzene rings is 1. The van der Waals surface area contributed by atoms with Crippen molar-refractivity contribution < 1.29 is 38.1 Å². The Labute approximate surface area is 216 Å². The quantitative estimate of drug-likeness (QED) is 0.265. The molecule has 1 aromatic rings. The van der Waals surface area contributed by atoms with Crippen molar-refractivity contribution in [2.45, 2.75) is 46.3 Å². The highest BCUT2D eigenvalue weighted by Gasteiger charge is 2.39. The first-order chi connectivity index (χ1) is 17.3. The molecule has 2 atom stereocenters. The second kappa shape index (κ2) is 12.5. The van der Waals surface area contributed by atoms with Crippen LogP contribution >= 0.6 is 0 Å². The lowest BCUT2D eigenvalue weighted by molar-refractivity contribution is -0.166. The Balaban J connectivity index is 2.19. The SMILES string of the molecule is C=C(C)C(=O)Oc1ccc(OC(=O)/C=C(\C)C2=CC(OC(=O)/C=C/C)C(C)(OC(=O)C(=C)C)C=C2)cc1. The van der Waals surface area contributed by atoms with Gasteiger partial charge in [-0.1, -0.05) is 25.3 Å². The van der Waals surface area contributed by atoms with Crippen LogP contribution in [0, 0.1) is 0 Å². The fourth-order valence-corrected chi connectivity index (χ4v) is 3.00. The van der Waals surface area contributed by atoms with Crippen molar-refractivity contribution >= 4 is 23.9 Å². The summed E-state index contributed by atoms with van der Waals surface area (Å²) < 4.78 is 21.5. The summed E-state index contributed by atoms with van der Waals surface area (Å²) in [6.45, 7) is 15.1. The predicted octanol–water partition coefficient (Wildman–Crippen LogP) is 4.88. The summed E-state index contributed by atoms with van der Waals surface area (Å²) >= 11 is 0. The topological polar surface area (TPSA) is 105 Å². The number of rotatable bonds is 9. The molecule has 0 aliphatic heterocycles. The molecule has 194 valence electrons. The van der Waals surface area contributed by atoms with Crippen molar-refractivity contribution in [1.29, 1.82) is 0 Å². The second-order valence-corrected chi connectivity index (χ2v) is 8.56. The number of ether oxygens (including phenoxy) is 4. The molecule has 37 heavy (non-hydrogen) atoms. The lowest BCUT2D eigenvalue weighted by Crippen LogP contribution is -2.45. The van der Waals surface area contributed by atoms with Gasteiger partial charge in [-0.15, -0.1) is 0 Å². The van der Waals surface area contributed by atoms with E-state index in [0.717, 1.165) is 0 Å². The molecule has 2 rings (SSSR count). The summed E-state index contributed by atoms with van der Waals surface area (Å²) in [5.74, 6) is -1.93. The molecule has 0 heterocycles. The van der Waals surface area contributed by atoms with Crippen LogP contribution in [0.5, 0.6) is 11.5 Å². The Bertz CT molecular complexity index is 1230. The van der Waals surface area contributed by atoms with Crippen molar-refractivity contribution in [3.05, 3.63) is 96.2 Å². The van der Waals surface area contributed by atoms with Crippen LogP contribution in [0.2, 0.25) is 0 Å². The van der Waals surface area contributed by atoms with E-state index in [1.54, 1.807) is 39.0 Å². The third kappa shape index (κ3) is 8.31. The van der Waals surface area contributed by atoms with Gasteiger partial charge in [-0.2, -0.15) is 0 Å². The van der Waals surface area contributed by atoms with Gasteiger partial charge in [-0.3, -0.25) is 0 Å². The number of allylic oxidation sites excluding steroid dienone is 4. The minimum atomic E-state index is -1.28. The van der Waals surface area contributed by atoms with Gasteiger partial charge in [-0.25, -0.2) is 19.2 Å². The molecule has 0 radical (unpaired) electrons. The molecule has 1 aliphatic rings. The van der Waals surface area contributed by atoms with Gasteiger partial charge < -0.3 is 18.9 Å². The molecule has 8 heteroatoms. The van der Waals surface area contributed by atoms with Gasteiger partial charge in [0.05, 0.1) is 0 Å². The van der Waals surface area contributed by atoms with Crippen LogP contribution in [0.4, 0.5) is 0 Å². The molecule has 0 bridgehead atoms. The summed E-state index contributed by atoms with van der Waals surface area (Å²) in [4.78, 5) is 48.4. The molecule has 2 unspecified atom stereocenters. The van der Waals surface area contributed by atoms with E-state index in [9.17, 15) is 19.2 Å². The van der Waals surface area contributed by atoms with E-state index < -0.39 is 35.6 Å². The Morgan fingerprint density at radius 3 is 2.00 bits per heavy atom. The van der Waals surface area contributed by atoms with Gasteiger partial charge in [0.2, 0.25) is 0 Å². The Morgan fingerprint density at radius 1 is 0.892 bits per heavy atom. The Morgan fingerprint density at radius 2 is 1.46 bits per heavy atom. The molecular formula is C29H30O8. The third-order valence-electron chi connectivity index (χ3n) is 5.09. The summed E-state index contributed by atoms with van der Waals surface area (Å²) in [6.07, 6.45) is 7.93.